The van der Waals surface area contributed by atoms with Crippen LogP contribution in [0.2, 0.25) is 0 Å². The lowest BCUT2D eigenvalue weighted by Crippen LogP contribution is -2.47. The fraction of sp³-hybridized carbons (Fsp3) is 0.857. The maximum atomic E-state index is 12.0. The summed E-state index contributed by atoms with van der Waals surface area (Å²) in [6, 6.07) is -0.0531. The Labute approximate surface area is 115 Å². The molecule has 19 heavy (non-hydrogen) atoms. The van der Waals surface area contributed by atoms with Crippen molar-refractivity contribution in [1.29, 1.82) is 0 Å². The standard InChI is InChI=1S/C14H27N3O2/c1-3-8-16-12(18)7-9-17-14(19)11-6-4-5-10(2)13(11)15/h10-11,13H,3-9,15H2,1-2H3,(H,16,18)(H,17,19). The van der Waals surface area contributed by atoms with Crippen molar-refractivity contribution in [2.45, 2.75) is 52.0 Å². The summed E-state index contributed by atoms with van der Waals surface area (Å²) < 4.78 is 0. The van der Waals surface area contributed by atoms with Crippen molar-refractivity contribution in [3.63, 3.8) is 0 Å². The molecule has 0 spiro atoms. The van der Waals surface area contributed by atoms with Gasteiger partial charge in [-0.3, -0.25) is 9.59 Å². The number of hydrogen-bond donors (Lipinski definition) is 3. The molecule has 3 unspecified atom stereocenters. The van der Waals surface area contributed by atoms with E-state index in [0.29, 0.717) is 25.4 Å². The summed E-state index contributed by atoms with van der Waals surface area (Å²) >= 11 is 0. The van der Waals surface area contributed by atoms with E-state index in [-0.39, 0.29) is 23.8 Å². The molecule has 0 aromatic carbocycles. The van der Waals surface area contributed by atoms with Crippen LogP contribution in [0, 0.1) is 11.8 Å². The molecule has 3 atom stereocenters. The van der Waals surface area contributed by atoms with E-state index < -0.39 is 0 Å². The second-order valence-corrected chi connectivity index (χ2v) is 5.48. The van der Waals surface area contributed by atoms with E-state index in [1.807, 2.05) is 6.92 Å². The lowest BCUT2D eigenvalue weighted by molar-refractivity contribution is -0.127. The van der Waals surface area contributed by atoms with Crippen molar-refractivity contribution in [3.05, 3.63) is 0 Å². The summed E-state index contributed by atoms with van der Waals surface area (Å²) in [4.78, 5) is 23.4. The number of amides is 2. The number of nitrogens with two attached hydrogens (primary N) is 1. The molecule has 1 aliphatic rings. The van der Waals surface area contributed by atoms with E-state index in [1.165, 1.54) is 0 Å². The largest absolute Gasteiger partial charge is 0.356 e. The van der Waals surface area contributed by atoms with Gasteiger partial charge >= 0.3 is 0 Å². The molecule has 1 saturated carbocycles. The highest BCUT2D eigenvalue weighted by atomic mass is 16.2. The zero-order chi connectivity index (χ0) is 14.3. The number of rotatable bonds is 6. The molecule has 0 radical (unpaired) electrons. The molecular formula is C14H27N3O2. The van der Waals surface area contributed by atoms with Crippen LogP contribution in [-0.4, -0.2) is 30.9 Å². The molecule has 1 rings (SSSR count). The number of hydrogen-bond acceptors (Lipinski definition) is 3. The van der Waals surface area contributed by atoms with Crippen LogP contribution in [-0.2, 0) is 9.59 Å². The van der Waals surface area contributed by atoms with Gasteiger partial charge in [0.25, 0.3) is 0 Å². The molecule has 2 amide bonds. The molecule has 1 fully saturated rings. The monoisotopic (exact) mass is 269 g/mol. The number of nitrogens with one attached hydrogen (secondary N) is 2. The zero-order valence-electron chi connectivity index (χ0n) is 12.1. The van der Waals surface area contributed by atoms with Gasteiger partial charge in [0.1, 0.15) is 0 Å². The SMILES string of the molecule is CCCNC(=O)CCNC(=O)C1CCCC(C)C1N. The van der Waals surface area contributed by atoms with Crippen LogP contribution < -0.4 is 16.4 Å². The van der Waals surface area contributed by atoms with E-state index in [0.717, 1.165) is 25.7 Å². The number of carbonyl (C=O) groups excluding carboxylic acids is 2. The van der Waals surface area contributed by atoms with Gasteiger partial charge in [-0.05, 0) is 25.2 Å². The van der Waals surface area contributed by atoms with Gasteiger partial charge in [-0.2, -0.15) is 0 Å². The lowest BCUT2D eigenvalue weighted by Gasteiger charge is -2.32. The Balaban J connectivity index is 2.25. The van der Waals surface area contributed by atoms with E-state index in [2.05, 4.69) is 17.6 Å². The summed E-state index contributed by atoms with van der Waals surface area (Å²) in [7, 11) is 0. The first-order chi connectivity index (χ1) is 9.06. The smallest absolute Gasteiger partial charge is 0.224 e. The molecule has 1 aliphatic carbocycles. The Hall–Kier alpha value is -1.10. The van der Waals surface area contributed by atoms with Crippen molar-refractivity contribution in [2.75, 3.05) is 13.1 Å². The van der Waals surface area contributed by atoms with Crippen LogP contribution in [0.3, 0.4) is 0 Å². The average Bonchev–Trinajstić information content (AvgIpc) is 2.39. The summed E-state index contributed by atoms with van der Waals surface area (Å²) in [5, 5.41) is 5.62. The predicted octanol–water partition coefficient (Wildman–Crippen LogP) is 0.782. The summed E-state index contributed by atoms with van der Waals surface area (Å²) in [6.07, 6.45) is 4.28. The molecule has 0 aromatic heterocycles. The Kier molecular flexibility index (Phi) is 6.84. The fourth-order valence-electron chi connectivity index (χ4n) is 2.53. The Morgan fingerprint density at radius 3 is 2.63 bits per heavy atom. The van der Waals surface area contributed by atoms with Crippen molar-refractivity contribution in [2.24, 2.45) is 17.6 Å². The Morgan fingerprint density at radius 2 is 1.95 bits per heavy atom. The van der Waals surface area contributed by atoms with Crippen LogP contribution in [0.4, 0.5) is 0 Å². The lowest BCUT2D eigenvalue weighted by atomic mass is 9.78. The maximum Gasteiger partial charge on any atom is 0.224 e. The summed E-state index contributed by atoms with van der Waals surface area (Å²) in [6.45, 7) is 5.19. The first-order valence-corrected chi connectivity index (χ1v) is 7.36. The normalized spacial score (nSPS) is 26.8. The van der Waals surface area contributed by atoms with Crippen LogP contribution in [0.15, 0.2) is 0 Å². The first-order valence-electron chi connectivity index (χ1n) is 7.36. The average molecular weight is 269 g/mol. The van der Waals surface area contributed by atoms with Gasteiger partial charge in [0.15, 0.2) is 0 Å². The third-order valence-corrected chi connectivity index (χ3v) is 3.86. The molecule has 110 valence electrons. The van der Waals surface area contributed by atoms with E-state index in [4.69, 9.17) is 5.73 Å². The molecule has 0 bridgehead atoms. The highest BCUT2D eigenvalue weighted by molar-refractivity contribution is 5.81. The van der Waals surface area contributed by atoms with Gasteiger partial charge in [-0.25, -0.2) is 0 Å². The molecule has 0 aromatic rings. The first kappa shape index (κ1) is 16.0. The van der Waals surface area contributed by atoms with Crippen LogP contribution in [0.5, 0.6) is 0 Å². The van der Waals surface area contributed by atoms with Crippen LogP contribution in [0.25, 0.3) is 0 Å². The summed E-state index contributed by atoms with van der Waals surface area (Å²) in [5.41, 5.74) is 6.08. The number of carbonyl (C=O) groups is 2. The minimum atomic E-state index is -0.0950. The maximum absolute atomic E-state index is 12.0. The minimum Gasteiger partial charge on any atom is -0.356 e. The van der Waals surface area contributed by atoms with Gasteiger partial charge in [0.05, 0.1) is 5.92 Å². The van der Waals surface area contributed by atoms with Crippen LogP contribution >= 0.6 is 0 Å². The minimum absolute atomic E-state index is 0.00217. The molecule has 0 saturated heterocycles. The molecule has 0 heterocycles. The van der Waals surface area contributed by atoms with Gasteiger partial charge in [0, 0.05) is 25.6 Å². The van der Waals surface area contributed by atoms with Gasteiger partial charge in [-0.1, -0.05) is 20.3 Å². The summed E-state index contributed by atoms with van der Waals surface area (Å²) in [5.74, 6) is 0.297. The Morgan fingerprint density at radius 1 is 1.21 bits per heavy atom. The van der Waals surface area contributed by atoms with Crippen molar-refractivity contribution in [3.8, 4) is 0 Å². The zero-order valence-corrected chi connectivity index (χ0v) is 12.1. The molecular weight excluding hydrogens is 242 g/mol. The molecule has 5 nitrogen and oxygen atoms in total. The van der Waals surface area contributed by atoms with E-state index >= 15 is 0 Å². The fourth-order valence-corrected chi connectivity index (χ4v) is 2.53. The van der Waals surface area contributed by atoms with Gasteiger partial charge < -0.3 is 16.4 Å². The third kappa shape index (κ3) is 5.19. The Bertz CT molecular complexity index is 307. The van der Waals surface area contributed by atoms with Gasteiger partial charge in [-0.15, -0.1) is 0 Å². The molecule has 5 heteroatoms. The second-order valence-electron chi connectivity index (χ2n) is 5.48. The highest BCUT2D eigenvalue weighted by Gasteiger charge is 2.32. The van der Waals surface area contributed by atoms with Gasteiger partial charge in [0.2, 0.25) is 11.8 Å². The topological polar surface area (TPSA) is 84.2 Å². The molecule has 0 aliphatic heterocycles. The highest BCUT2D eigenvalue weighted by Crippen LogP contribution is 2.27. The van der Waals surface area contributed by atoms with Crippen molar-refractivity contribution >= 4 is 11.8 Å². The van der Waals surface area contributed by atoms with Crippen molar-refractivity contribution < 1.29 is 9.59 Å². The quantitative estimate of drug-likeness (QED) is 0.666. The van der Waals surface area contributed by atoms with E-state index in [1.54, 1.807) is 0 Å². The van der Waals surface area contributed by atoms with E-state index in [9.17, 15) is 9.59 Å². The molecule has 4 N–H and O–H groups in total. The third-order valence-electron chi connectivity index (χ3n) is 3.86. The second kappa shape index (κ2) is 8.15. The predicted molar refractivity (Wildman–Crippen MR) is 75.4 cm³/mol. The van der Waals surface area contributed by atoms with Crippen LogP contribution in [0.1, 0.15) is 46.0 Å². The van der Waals surface area contributed by atoms with Crippen molar-refractivity contribution in [1.82, 2.24) is 10.6 Å².